The molecule has 1 aliphatic rings. The molecular formula is C18H20IN3O7S. The average molecular weight is 549 g/mol. The molecule has 0 radical (unpaired) electrons. The van der Waals surface area contributed by atoms with E-state index in [1.807, 2.05) is 30.3 Å². The van der Waals surface area contributed by atoms with Crippen molar-refractivity contribution in [1.82, 2.24) is 9.55 Å². The standard InChI is InChI=1S/C18H20IN3O7S/c19-11-8-22(17(27)21-15(11)20)18(14(25)13(24)12(9-23)29-18)16(26)28-6-7-30-10-4-2-1-3-5-10/h1-5,8,12-14,23-25H,6-7,9H2,(H2,20,21,27)/t12-,13-,14-,18+/m1/s1. The van der Waals surface area contributed by atoms with Crippen molar-refractivity contribution in [2.45, 2.75) is 28.9 Å². The number of aliphatic hydroxyl groups excluding tert-OH is 3. The van der Waals surface area contributed by atoms with Crippen molar-refractivity contribution in [2.75, 3.05) is 24.7 Å². The molecule has 10 nitrogen and oxygen atoms in total. The monoisotopic (exact) mass is 549 g/mol. The van der Waals surface area contributed by atoms with E-state index >= 15 is 0 Å². The largest absolute Gasteiger partial charge is 0.461 e. The van der Waals surface area contributed by atoms with Crippen molar-refractivity contribution in [3.8, 4) is 0 Å². The van der Waals surface area contributed by atoms with Gasteiger partial charge in [-0.1, -0.05) is 18.2 Å². The van der Waals surface area contributed by atoms with Crippen molar-refractivity contribution in [3.63, 3.8) is 0 Å². The number of hydrogen-bond donors (Lipinski definition) is 4. The van der Waals surface area contributed by atoms with Gasteiger partial charge in [-0.05, 0) is 34.7 Å². The maximum Gasteiger partial charge on any atom is 0.363 e. The summed E-state index contributed by atoms with van der Waals surface area (Å²) >= 11 is 3.24. The topological polar surface area (TPSA) is 157 Å². The van der Waals surface area contributed by atoms with Crippen LogP contribution in [0.25, 0.3) is 0 Å². The molecule has 1 fully saturated rings. The molecule has 30 heavy (non-hydrogen) atoms. The lowest BCUT2D eigenvalue weighted by Crippen LogP contribution is -2.56. The number of nitrogen functional groups attached to an aromatic ring is 1. The lowest BCUT2D eigenvalue weighted by molar-refractivity contribution is -0.201. The molecule has 162 valence electrons. The zero-order valence-corrected chi connectivity index (χ0v) is 18.5. The van der Waals surface area contributed by atoms with Gasteiger partial charge in [0.1, 0.15) is 30.7 Å². The van der Waals surface area contributed by atoms with Crippen LogP contribution in [0, 0.1) is 3.57 Å². The number of nitrogens with zero attached hydrogens (tertiary/aromatic N) is 2. The van der Waals surface area contributed by atoms with Gasteiger partial charge in [0.05, 0.1) is 10.2 Å². The lowest BCUT2D eigenvalue weighted by Gasteiger charge is -2.31. The van der Waals surface area contributed by atoms with E-state index in [2.05, 4.69) is 4.98 Å². The summed E-state index contributed by atoms with van der Waals surface area (Å²) in [4.78, 5) is 30.1. The van der Waals surface area contributed by atoms with Crippen LogP contribution in [-0.2, 0) is 20.0 Å². The maximum absolute atomic E-state index is 13.0. The van der Waals surface area contributed by atoms with Gasteiger partial charge in [-0.25, -0.2) is 9.59 Å². The van der Waals surface area contributed by atoms with Crippen LogP contribution in [0.1, 0.15) is 0 Å². The predicted octanol–water partition coefficient (Wildman–Crippen LogP) is -0.469. The SMILES string of the molecule is Nc1nc(=O)n([C@]2(C(=O)OCCSc3ccccc3)O[C@H](CO)[C@@H](O)[C@H]2O)cc1I. The third-order valence-electron chi connectivity index (χ3n) is 4.50. The summed E-state index contributed by atoms with van der Waals surface area (Å²) in [5, 5.41) is 30.3. The van der Waals surface area contributed by atoms with Gasteiger partial charge in [-0.2, -0.15) is 4.98 Å². The van der Waals surface area contributed by atoms with E-state index in [1.165, 1.54) is 18.0 Å². The number of carbonyl (C=O) groups excluding carboxylic acids is 1. The van der Waals surface area contributed by atoms with Crippen LogP contribution in [0.2, 0.25) is 0 Å². The van der Waals surface area contributed by atoms with E-state index < -0.39 is 42.3 Å². The summed E-state index contributed by atoms with van der Waals surface area (Å²) in [5.74, 6) is -0.755. The lowest BCUT2D eigenvalue weighted by atomic mass is 10.0. The highest BCUT2D eigenvalue weighted by Gasteiger charge is 2.62. The van der Waals surface area contributed by atoms with Gasteiger partial charge in [-0.15, -0.1) is 11.8 Å². The van der Waals surface area contributed by atoms with Gasteiger partial charge in [0.2, 0.25) is 0 Å². The molecular weight excluding hydrogens is 529 g/mol. The average Bonchev–Trinajstić information content (AvgIpc) is 3.00. The highest BCUT2D eigenvalue weighted by atomic mass is 127. The fraction of sp³-hybridized carbons (Fsp3) is 0.389. The van der Waals surface area contributed by atoms with Crippen molar-refractivity contribution in [2.24, 2.45) is 0 Å². The molecule has 1 aromatic heterocycles. The number of esters is 1. The number of anilines is 1. The zero-order valence-electron chi connectivity index (χ0n) is 15.6. The zero-order chi connectivity index (χ0) is 21.9. The smallest absolute Gasteiger partial charge is 0.363 e. The first kappa shape index (κ1) is 23.0. The second kappa shape index (κ2) is 9.62. The molecule has 5 N–H and O–H groups in total. The number of aromatic nitrogens is 2. The molecule has 3 rings (SSSR count). The third-order valence-corrected chi connectivity index (χ3v) is 6.31. The Morgan fingerprint density at radius 3 is 2.70 bits per heavy atom. The minimum atomic E-state index is -2.41. The molecule has 1 aliphatic heterocycles. The second-order valence-corrected chi connectivity index (χ2v) is 8.73. The minimum Gasteiger partial charge on any atom is -0.461 e. The van der Waals surface area contributed by atoms with Gasteiger partial charge >= 0.3 is 11.7 Å². The third kappa shape index (κ3) is 4.33. The van der Waals surface area contributed by atoms with Gasteiger partial charge in [-0.3, -0.25) is 4.57 Å². The molecule has 2 aromatic rings. The fourth-order valence-corrected chi connectivity index (χ4v) is 4.16. The predicted molar refractivity (Wildman–Crippen MR) is 116 cm³/mol. The number of aliphatic hydroxyl groups is 3. The number of hydrogen-bond acceptors (Lipinski definition) is 10. The van der Waals surface area contributed by atoms with Gasteiger partial charge in [0.15, 0.2) is 0 Å². The quantitative estimate of drug-likeness (QED) is 0.154. The molecule has 1 saturated heterocycles. The van der Waals surface area contributed by atoms with E-state index in [1.54, 1.807) is 22.6 Å². The summed E-state index contributed by atoms with van der Waals surface area (Å²) < 4.78 is 11.8. The van der Waals surface area contributed by atoms with Crippen molar-refractivity contribution in [1.29, 1.82) is 0 Å². The first-order chi connectivity index (χ1) is 14.3. The molecule has 0 amide bonds. The molecule has 1 aromatic carbocycles. The number of benzene rings is 1. The van der Waals surface area contributed by atoms with Crippen molar-refractivity contribution >= 4 is 46.1 Å². The summed E-state index contributed by atoms with van der Waals surface area (Å²) in [5.41, 5.74) is 2.24. The van der Waals surface area contributed by atoms with Crippen molar-refractivity contribution in [3.05, 3.63) is 50.6 Å². The Morgan fingerprint density at radius 1 is 1.37 bits per heavy atom. The van der Waals surface area contributed by atoms with Crippen LogP contribution in [0.5, 0.6) is 0 Å². The van der Waals surface area contributed by atoms with E-state index in [0.717, 1.165) is 9.46 Å². The summed E-state index contributed by atoms with van der Waals surface area (Å²) in [6.45, 7) is -0.740. The Morgan fingerprint density at radius 2 is 2.07 bits per heavy atom. The van der Waals surface area contributed by atoms with Crippen LogP contribution in [0.4, 0.5) is 5.82 Å². The first-order valence-electron chi connectivity index (χ1n) is 8.86. The van der Waals surface area contributed by atoms with E-state index in [-0.39, 0.29) is 12.4 Å². The minimum absolute atomic E-state index is 0.0512. The van der Waals surface area contributed by atoms with Crippen LogP contribution in [0.3, 0.4) is 0 Å². The number of carbonyl (C=O) groups is 1. The summed E-state index contributed by atoms with van der Waals surface area (Å²) in [6, 6.07) is 9.45. The molecule has 0 saturated carbocycles. The van der Waals surface area contributed by atoms with E-state index in [9.17, 15) is 24.9 Å². The Kier molecular flexibility index (Phi) is 7.36. The fourth-order valence-electron chi connectivity index (χ4n) is 3.01. The van der Waals surface area contributed by atoms with Crippen LogP contribution in [-0.4, -0.2) is 68.1 Å². The number of nitrogens with two attached hydrogens (primary N) is 1. The Bertz CT molecular complexity index is 961. The van der Waals surface area contributed by atoms with Gasteiger partial charge in [0, 0.05) is 16.8 Å². The molecule has 12 heteroatoms. The normalized spacial score (nSPS) is 25.9. The van der Waals surface area contributed by atoms with E-state index in [4.69, 9.17) is 15.2 Å². The van der Waals surface area contributed by atoms with Crippen LogP contribution >= 0.6 is 34.4 Å². The number of halogens is 1. The van der Waals surface area contributed by atoms with E-state index in [0.29, 0.717) is 9.32 Å². The highest BCUT2D eigenvalue weighted by Crippen LogP contribution is 2.36. The molecule has 4 atom stereocenters. The molecule has 2 heterocycles. The number of thioether (sulfide) groups is 1. The summed E-state index contributed by atoms with van der Waals surface area (Å²) in [6.07, 6.45) is -3.65. The maximum atomic E-state index is 13.0. The molecule has 0 bridgehead atoms. The second-order valence-electron chi connectivity index (χ2n) is 6.39. The number of rotatable bonds is 7. The highest BCUT2D eigenvalue weighted by molar-refractivity contribution is 14.1. The van der Waals surface area contributed by atoms with Gasteiger partial charge < -0.3 is 30.5 Å². The summed E-state index contributed by atoms with van der Waals surface area (Å²) in [7, 11) is 0. The van der Waals surface area contributed by atoms with Crippen LogP contribution in [0.15, 0.2) is 46.2 Å². The van der Waals surface area contributed by atoms with Crippen LogP contribution < -0.4 is 11.4 Å². The Labute approximate surface area is 189 Å². The molecule has 0 spiro atoms. The molecule has 0 unspecified atom stereocenters. The van der Waals surface area contributed by atoms with Crippen molar-refractivity contribution < 1.29 is 29.6 Å². The molecule has 0 aliphatic carbocycles. The Balaban J connectivity index is 1.86. The van der Waals surface area contributed by atoms with Gasteiger partial charge in [0.25, 0.3) is 5.72 Å². The Hall–Kier alpha value is -1.71. The number of ether oxygens (including phenoxy) is 2. The first-order valence-corrected chi connectivity index (χ1v) is 10.9.